The highest BCUT2D eigenvalue weighted by molar-refractivity contribution is 5.77. The maximum absolute atomic E-state index is 11.8. The first-order valence-corrected chi connectivity index (χ1v) is 7.80. The molecule has 114 valence electrons. The van der Waals surface area contributed by atoms with Crippen LogP contribution in [0, 0.1) is 13.8 Å². The van der Waals surface area contributed by atoms with Crippen molar-refractivity contribution >= 4 is 5.91 Å². The van der Waals surface area contributed by atoms with Crippen LogP contribution in [-0.4, -0.2) is 19.1 Å². The van der Waals surface area contributed by atoms with Gasteiger partial charge in [-0.25, -0.2) is 0 Å². The second kappa shape index (κ2) is 7.87. The van der Waals surface area contributed by atoms with Crippen molar-refractivity contribution < 1.29 is 9.53 Å². The predicted molar refractivity (Wildman–Crippen MR) is 85.6 cm³/mol. The molecule has 0 aromatic heterocycles. The Morgan fingerprint density at radius 2 is 2.14 bits per heavy atom. The van der Waals surface area contributed by atoms with Gasteiger partial charge in [-0.05, 0) is 63.1 Å². The fourth-order valence-corrected chi connectivity index (χ4v) is 2.55. The van der Waals surface area contributed by atoms with E-state index in [4.69, 9.17) is 4.74 Å². The van der Waals surface area contributed by atoms with Crippen molar-refractivity contribution in [3.8, 4) is 5.75 Å². The summed E-state index contributed by atoms with van der Waals surface area (Å²) in [6.07, 6.45) is 8.26. The van der Waals surface area contributed by atoms with Crippen LogP contribution in [0.4, 0.5) is 0 Å². The van der Waals surface area contributed by atoms with Gasteiger partial charge in [-0.1, -0.05) is 23.8 Å². The number of ether oxygens (including phenoxy) is 1. The molecule has 21 heavy (non-hydrogen) atoms. The maximum Gasteiger partial charge on any atom is 0.257 e. The third kappa shape index (κ3) is 5.25. The molecule has 1 aliphatic carbocycles. The van der Waals surface area contributed by atoms with Crippen molar-refractivity contribution in [3.05, 3.63) is 41.0 Å². The molecule has 0 aliphatic heterocycles. The molecule has 0 radical (unpaired) electrons. The fourth-order valence-electron chi connectivity index (χ4n) is 2.55. The van der Waals surface area contributed by atoms with E-state index in [-0.39, 0.29) is 12.5 Å². The summed E-state index contributed by atoms with van der Waals surface area (Å²) in [7, 11) is 0. The number of aryl methyl sites for hydroxylation is 2. The van der Waals surface area contributed by atoms with Gasteiger partial charge in [0, 0.05) is 6.54 Å². The van der Waals surface area contributed by atoms with E-state index in [9.17, 15) is 4.79 Å². The minimum Gasteiger partial charge on any atom is -0.483 e. The van der Waals surface area contributed by atoms with Crippen LogP contribution in [0.5, 0.6) is 5.75 Å². The fraction of sp³-hybridized carbons (Fsp3) is 0.500. The van der Waals surface area contributed by atoms with E-state index in [1.807, 2.05) is 32.0 Å². The molecule has 1 aromatic rings. The van der Waals surface area contributed by atoms with Gasteiger partial charge in [-0.3, -0.25) is 4.79 Å². The van der Waals surface area contributed by atoms with Crippen LogP contribution in [0.1, 0.15) is 43.2 Å². The highest BCUT2D eigenvalue weighted by atomic mass is 16.5. The van der Waals surface area contributed by atoms with Crippen LogP contribution in [0.2, 0.25) is 0 Å². The Morgan fingerprint density at radius 1 is 1.29 bits per heavy atom. The third-order valence-electron chi connectivity index (χ3n) is 3.86. The first-order chi connectivity index (χ1) is 10.1. The van der Waals surface area contributed by atoms with Crippen molar-refractivity contribution in [2.75, 3.05) is 13.2 Å². The number of hydrogen-bond acceptors (Lipinski definition) is 2. The van der Waals surface area contributed by atoms with Gasteiger partial charge in [-0.2, -0.15) is 0 Å². The van der Waals surface area contributed by atoms with Crippen molar-refractivity contribution in [3.63, 3.8) is 0 Å². The second-order valence-electron chi connectivity index (χ2n) is 5.77. The van der Waals surface area contributed by atoms with Gasteiger partial charge < -0.3 is 10.1 Å². The molecule has 3 heteroatoms. The SMILES string of the molecule is Cc1ccc(C)c(OCC(=O)NCCC2=CCCCC2)c1. The summed E-state index contributed by atoms with van der Waals surface area (Å²) < 4.78 is 5.60. The lowest BCUT2D eigenvalue weighted by Crippen LogP contribution is -2.30. The van der Waals surface area contributed by atoms with E-state index in [1.165, 1.54) is 31.3 Å². The first kappa shape index (κ1) is 15.6. The summed E-state index contributed by atoms with van der Waals surface area (Å²) in [6, 6.07) is 6.02. The van der Waals surface area contributed by atoms with Gasteiger partial charge in [0.15, 0.2) is 6.61 Å². The minimum absolute atomic E-state index is 0.0488. The lowest BCUT2D eigenvalue weighted by Gasteiger charge is -2.13. The predicted octanol–water partition coefficient (Wildman–Crippen LogP) is 3.69. The van der Waals surface area contributed by atoms with Gasteiger partial charge >= 0.3 is 0 Å². The van der Waals surface area contributed by atoms with Crippen LogP contribution in [-0.2, 0) is 4.79 Å². The standard InChI is InChI=1S/C18H25NO2/c1-14-8-9-15(2)17(12-14)21-13-18(20)19-11-10-16-6-4-3-5-7-16/h6,8-9,12H,3-5,7,10-11,13H2,1-2H3,(H,19,20). The first-order valence-electron chi connectivity index (χ1n) is 7.80. The van der Waals surface area contributed by atoms with E-state index in [0.29, 0.717) is 6.54 Å². The van der Waals surface area contributed by atoms with Gasteiger partial charge in [0.2, 0.25) is 0 Å². The van der Waals surface area contributed by atoms with E-state index < -0.39 is 0 Å². The second-order valence-corrected chi connectivity index (χ2v) is 5.77. The minimum atomic E-state index is -0.0488. The molecule has 1 N–H and O–H groups in total. The van der Waals surface area contributed by atoms with Crippen LogP contribution < -0.4 is 10.1 Å². The Labute approximate surface area is 127 Å². The lowest BCUT2D eigenvalue weighted by molar-refractivity contribution is -0.123. The van der Waals surface area contributed by atoms with Crippen LogP contribution in [0.25, 0.3) is 0 Å². The smallest absolute Gasteiger partial charge is 0.257 e. The molecule has 0 atom stereocenters. The Hall–Kier alpha value is -1.77. The number of amides is 1. The maximum atomic E-state index is 11.8. The van der Waals surface area contributed by atoms with Crippen molar-refractivity contribution in [1.82, 2.24) is 5.32 Å². The summed E-state index contributed by atoms with van der Waals surface area (Å²) in [4.78, 5) is 11.8. The van der Waals surface area contributed by atoms with E-state index in [2.05, 4.69) is 11.4 Å². The molecule has 0 saturated carbocycles. The molecule has 0 unspecified atom stereocenters. The molecule has 0 heterocycles. The summed E-state index contributed by atoms with van der Waals surface area (Å²) in [5.74, 6) is 0.743. The van der Waals surface area contributed by atoms with Gasteiger partial charge in [0.25, 0.3) is 5.91 Å². The Kier molecular flexibility index (Phi) is 5.85. The average Bonchev–Trinajstić information content (AvgIpc) is 2.49. The van der Waals surface area contributed by atoms with Crippen LogP contribution in [0.3, 0.4) is 0 Å². The average molecular weight is 287 g/mol. The number of allylic oxidation sites excluding steroid dienone is 1. The lowest BCUT2D eigenvalue weighted by atomic mass is 9.97. The highest BCUT2D eigenvalue weighted by Gasteiger charge is 2.07. The van der Waals surface area contributed by atoms with E-state index >= 15 is 0 Å². The Balaban J connectivity index is 1.69. The van der Waals surface area contributed by atoms with Crippen LogP contribution in [0.15, 0.2) is 29.8 Å². The van der Waals surface area contributed by atoms with Crippen molar-refractivity contribution in [2.45, 2.75) is 46.0 Å². The van der Waals surface area contributed by atoms with Gasteiger partial charge in [0.05, 0.1) is 0 Å². The molecule has 0 spiro atoms. The largest absolute Gasteiger partial charge is 0.483 e. The van der Waals surface area contributed by atoms with E-state index in [1.54, 1.807) is 0 Å². The molecule has 2 rings (SSSR count). The van der Waals surface area contributed by atoms with Crippen molar-refractivity contribution in [1.29, 1.82) is 0 Å². The number of carbonyl (C=O) groups is 1. The molecular weight excluding hydrogens is 262 g/mol. The Morgan fingerprint density at radius 3 is 2.90 bits per heavy atom. The van der Waals surface area contributed by atoms with Crippen molar-refractivity contribution in [2.24, 2.45) is 0 Å². The molecule has 3 nitrogen and oxygen atoms in total. The zero-order chi connectivity index (χ0) is 15.1. The van der Waals surface area contributed by atoms with Gasteiger partial charge in [0.1, 0.15) is 5.75 Å². The number of rotatable bonds is 6. The zero-order valence-corrected chi connectivity index (χ0v) is 13.1. The molecule has 1 aliphatic rings. The monoisotopic (exact) mass is 287 g/mol. The molecule has 1 aromatic carbocycles. The molecular formula is C18H25NO2. The Bertz CT molecular complexity index is 520. The highest BCUT2D eigenvalue weighted by Crippen LogP contribution is 2.20. The molecule has 0 saturated heterocycles. The number of hydrogen-bond donors (Lipinski definition) is 1. The quantitative estimate of drug-likeness (QED) is 0.810. The van der Waals surface area contributed by atoms with E-state index in [0.717, 1.165) is 23.3 Å². The van der Waals surface area contributed by atoms with Gasteiger partial charge in [-0.15, -0.1) is 0 Å². The number of benzene rings is 1. The summed E-state index contributed by atoms with van der Waals surface area (Å²) >= 11 is 0. The summed E-state index contributed by atoms with van der Waals surface area (Å²) in [6.45, 7) is 4.80. The molecule has 0 fully saturated rings. The normalized spacial score (nSPS) is 14.5. The van der Waals surface area contributed by atoms with Crippen LogP contribution >= 0.6 is 0 Å². The summed E-state index contributed by atoms with van der Waals surface area (Å²) in [5.41, 5.74) is 3.68. The zero-order valence-electron chi connectivity index (χ0n) is 13.1. The number of nitrogens with one attached hydrogen (secondary N) is 1. The third-order valence-corrected chi connectivity index (χ3v) is 3.86. The topological polar surface area (TPSA) is 38.3 Å². The number of carbonyl (C=O) groups excluding carboxylic acids is 1. The summed E-state index contributed by atoms with van der Waals surface area (Å²) in [5, 5.41) is 2.93. The molecule has 0 bridgehead atoms. The molecule has 1 amide bonds.